The Morgan fingerprint density at radius 1 is 1.16 bits per heavy atom. The Morgan fingerprint density at radius 3 is 2.28 bits per heavy atom. The first-order valence-electron chi connectivity index (χ1n) is 7.31. The van der Waals surface area contributed by atoms with Crippen molar-refractivity contribution in [2.75, 3.05) is 7.11 Å². The topological polar surface area (TPSA) is 119 Å². The average Bonchev–Trinajstić information content (AvgIpc) is 2.61. The molecule has 8 nitrogen and oxygen atoms in total. The van der Waals surface area contributed by atoms with Crippen molar-refractivity contribution >= 4 is 17.6 Å². The van der Waals surface area contributed by atoms with Crippen molar-refractivity contribution in [2.24, 2.45) is 0 Å². The van der Waals surface area contributed by atoms with Gasteiger partial charge >= 0.3 is 5.97 Å². The van der Waals surface area contributed by atoms with E-state index in [2.05, 4.69) is 5.32 Å². The summed E-state index contributed by atoms with van der Waals surface area (Å²) in [7, 11) is 1.21. The molecule has 1 amide bonds. The Labute approximate surface area is 143 Å². The van der Waals surface area contributed by atoms with Gasteiger partial charge in [-0.05, 0) is 29.8 Å². The van der Waals surface area contributed by atoms with Crippen molar-refractivity contribution in [2.45, 2.75) is 12.5 Å². The zero-order chi connectivity index (χ0) is 18.4. The first kappa shape index (κ1) is 17.9. The molecular formula is C17H16N2O6. The van der Waals surface area contributed by atoms with Crippen LogP contribution in [0.1, 0.15) is 15.9 Å². The second-order valence-corrected chi connectivity index (χ2v) is 5.22. The zero-order valence-corrected chi connectivity index (χ0v) is 13.3. The SMILES string of the molecule is COC(=O)[C@@H](Cc1ccc([N+](=O)[O-])cc1)NC(=O)c1ccc(O)cc1. The number of nitrogens with zero attached hydrogens (tertiary/aromatic N) is 1. The van der Waals surface area contributed by atoms with Gasteiger partial charge in [-0.25, -0.2) is 4.79 Å². The minimum atomic E-state index is -0.951. The summed E-state index contributed by atoms with van der Waals surface area (Å²) in [5.74, 6) is -1.12. The van der Waals surface area contributed by atoms with Crippen molar-refractivity contribution in [3.05, 3.63) is 69.8 Å². The number of esters is 1. The van der Waals surface area contributed by atoms with Crippen molar-refractivity contribution in [1.82, 2.24) is 5.32 Å². The molecule has 0 saturated heterocycles. The normalized spacial score (nSPS) is 11.4. The van der Waals surface area contributed by atoms with Crippen LogP contribution in [0.3, 0.4) is 0 Å². The third kappa shape index (κ3) is 4.77. The first-order chi connectivity index (χ1) is 11.9. The van der Waals surface area contributed by atoms with Gasteiger partial charge in [0.1, 0.15) is 11.8 Å². The number of ether oxygens (including phenoxy) is 1. The lowest BCUT2D eigenvalue weighted by molar-refractivity contribution is -0.384. The van der Waals surface area contributed by atoms with E-state index in [0.717, 1.165) is 0 Å². The van der Waals surface area contributed by atoms with Crippen LogP contribution in [0.5, 0.6) is 5.75 Å². The van der Waals surface area contributed by atoms with Gasteiger partial charge in [-0.1, -0.05) is 12.1 Å². The van der Waals surface area contributed by atoms with Crippen molar-refractivity contribution < 1.29 is 24.4 Å². The molecule has 2 N–H and O–H groups in total. The Balaban J connectivity index is 2.13. The van der Waals surface area contributed by atoms with Gasteiger partial charge in [-0.3, -0.25) is 14.9 Å². The smallest absolute Gasteiger partial charge is 0.328 e. The molecule has 0 aliphatic rings. The van der Waals surface area contributed by atoms with E-state index in [0.29, 0.717) is 5.56 Å². The highest BCUT2D eigenvalue weighted by atomic mass is 16.6. The quantitative estimate of drug-likeness (QED) is 0.469. The number of aromatic hydroxyl groups is 1. The third-order valence-corrected chi connectivity index (χ3v) is 3.51. The maximum atomic E-state index is 12.2. The summed E-state index contributed by atoms with van der Waals surface area (Å²) in [6.45, 7) is 0. The third-order valence-electron chi connectivity index (χ3n) is 3.51. The lowest BCUT2D eigenvalue weighted by Crippen LogP contribution is -2.43. The van der Waals surface area contributed by atoms with Gasteiger partial charge in [0.15, 0.2) is 0 Å². The number of nitro benzene ring substituents is 1. The van der Waals surface area contributed by atoms with Gasteiger partial charge in [0, 0.05) is 24.1 Å². The predicted octanol–water partition coefficient (Wildman–Crippen LogP) is 1.81. The minimum Gasteiger partial charge on any atom is -0.508 e. The Hall–Kier alpha value is -3.42. The molecule has 25 heavy (non-hydrogen) atoms. The number of hydrogen-bond acceptors (Lipinski definition) is 6. The van der Waals surface area contributed by atoms with Crippen LogP contribution in [0.25, 0.3) is 0 Å². The molecule has 0 spiro atoms. The van der Waals surface area contributed by atoms with Gasteiger partial charge in [0.25, 0.3) is 11.6 Å². The summed E-state index contributed by atoms with van der Waals surface area (Å²) in [6.07, 6.45) is 0.120. The number of hydrogen-bond donors (Lipinski definition) is 2. The number of amides is 1. The minimum absolute atomic E-state index is 0.0203. The van der Waals surface area contributed by atoms with Crippen LogP contribution in [-0.4, -0.2) is 35.1 Å². The van der Waals surface area contributed by atoms with Gasteiger partial charge in [-0.2, -0.15) is 0 Å². The van der Waals surface area contributed by atoms with Gasteiger partial charge in [-0.15, -0.1) is 0 Å². The van der Waals surface area contributed by atoms with E-state index in [1.165, 1.54) is 55.6 Å². The number of phenols is 1. The molecule has 1 atom stereocenters. The van der Waals surface area contributed by atoms with Gasteiger partial charge < -0.3 is 15.2 Å². The summed E-state index contributed by atoms with van der Waals surface area (Å²) < 4.78 is 4.70. The van der Waals surface area contributed by atoms with Crippen LogP contribution in [-0.2, 0) is 16.0 Å². The highest BCUT2D eigenvalue weighted by molar-refractivity contribution is 5.96. The highest BCUT2D eigenvalue weighted by Gasteiger charge is 2.23. The average molecular weight is 344 g/mol. The van der Waals surface area contributed by atoms with Crippen LogP contribution in [0, 0.1) is 10.1 Å². The lowest BCUT2D eigenvalue weighted by atomic mass is 10.0. The molecule has 2 aromatic carbocycles. The number of methoxy groups -OCH3 is 1. The van der Waals surface area contributed by atoms with Crippen LogP contribution in [0.4, 0.5) is 5.69 Å². The fraction of sp³-hybridized carbons (Fsp3) is 0.176. The van der Waals surface area contributed by atoms with Crippen molar-refractivity contribution in [1.29, 1.82) is 0 Å². The predicted molar refractivity (Wildman–Crippen MR) is 88.2 cm³/mol. The Morgan fingerprint density at radius 2 is 1.76 bits per heavy atom. The van der Waals surface area contributed by atoms with Crippen LogP contribution in [0.2, 0.25) is 0 Å². The van der Waals surface area contributed by atoms with E-state index in [1.807, 2.05) is 0 Å². The molecule has 2 rings (SSSR count). The second-order valence-electron chi connectivity index (χ2n) is 5.22. The first-order valence-corrected chi connectivity index (χ1v) is 7.31. The summed E-state index contributed by atoms with van der Waals surface area (Å²) >= 11 is 0. The van der Waals surface area contributed by atoms with Crippen molar-refractivity contribution in [3.8, 4) is 5.75 Å². The summed E-state index contributed by atoms with van der Waals surface area (Å²) in [5.41, 5.74) is 0.842. The molecule has 0 aliphatic carbocycles. The largest absolute Gasteiger partial charge is 0.508 e. The van der Waals surface area contributed by atoms with Crippen molar-refractivity contribution in [3.63, 3.8) is 0 Å². The van der Waals surface area contributed by atoms with Gasteiger partial charge in [0.05, 0.1) is 12.0 Å². The number of nitro groups is 1. The molecule has 130 valence electrons. The van der Waals surface area contributed by atoms with E-state index in [-0.39, 0.29) is 23.4 Å². The summed E-state index contributed by atoms with van der Waals surface area (Å²) in [6, 6.07) is 10.3. The maximum absolute atomic E-state index is 12.2. The Kier molecular flexibility index (Phi) is 5.67. The molecule has 0 saturated carbocycles. The van der Waals surface area contributed by atoms with E-state index >= 15 is 0 Å². The van der Waals surface area contributed by atoms with E-state index < -0.39 is 22.8 Å². The highest BCUT2D eigenvalue weighted by Crippen LogP contribution is 2.14. The standard InChI is InChI=1S/C17H16N2O6/c1-25-17(22)15(10-11-2-6-13(7-3-11)19(23)24)18-16(21)12-4-8-14(20)9-5-12/h2-9,15,20H,10H2,1H3,(H,18,21)/t15-/m1/s1. The number of benzene rings is 2. The van der Waals surface area contributed by atoms with E-state index in [9.17, 15) is 24.8 Å². The monoisotopic (exact) mass is 344 g/mol. The summed E-state index contributed by atoms with van der Waals surface area (Å²) in [4.78, 5) is 34.3. The number of nitrogens with one attached hydrogen (secondary N) is 1. The molecule has 0 heterocycles. The van der Waals surface area contributed by atoms with E-state index in [1.54, 1.807) is 0 Å². The van der Waals surface area contributed by atoms with Crippen LogP contribution >= 0.6 is 0 Å². The number of carbonyl (C=O) groups excluding carboxylic acids is 2. The molecule has 0 bridgehead atoms. The van der Waals surface area contributed by atoms with Crippen LogP contribution in [0.15, 0.2) is 48.5 Å². The second kappa shape index (κ2) is 7.91. The van der Waals surface area contributed by atoms with E-state index in [4.69, 9.17) is 4.74 Å². The molecule has 2 aromatic rings. The van der Waals surface area contributed by atoms with Gasteiger partial charge in [0.2, 0.25) is 0 Å². The molecular weight excluding hydrogens is 328 g/mol. The fourth-order valence-electron chi connectivity index (χ4n) is 2.18. The maximum Gasteiger partial charge on any atom is 0.328 e. The number of rotatable bonds is 6. The molecule has 0 aliphatic heterocycles. The molecule has 8 heteroatoms. The lowest BCUT2D eigenvalue weighted by Gasteiger charge is -2.16. The van der Waals surface area contributed by atoms with Crippen LogP contribution < -0.4 is 5.32 Å². The molecule has 0 unspecified atom stereocenters. The molecule has 0 aromatic heterocycles. The molecule has 0 fully saturated rings. The Bertz CT molecular complexity index is 771. The fourth-order valence-corrected chi connectivity index (χ4v) is 2.18. The molecule has 0 radical (unpaired) electrons. The number of carbonyl (C=O) groups is 2. The number of phenolic OH excluding ortho intramolecular Hbond substituents is 1. The summed E-state index contributed by atoms with van der Waals surface area (Å²) in [5, 5.41) is 22.5. The zero-order valence-electron chi connectivity index (χ0n) is 13.3. The number of non-ortho nitro benzene ring substituents is 1.